The molecule has 4 aromatic rings. The molecule has 4 heteroatoms. The number of Topliss-reactive ketones (excluding diaryl/α,β-unsaturated/α-hetero) is 1. The third-order valence-corrected chi connectivity index (χ3v) is 15.5. The van der Waals surface area contributed by atoms with Crippen molar-refractivity contribution in [2.45, 2.75) is 0 Å². The van der Waals surface area contributed by atoms with Gasteiger partial charge in [-0.25, -0.2) is 0 Å². The normalized spacial score (nSPS) is 12.8. The molecule has 4 rings (SSSR count). The monoisotopic (exact) mass is 466 g/mol. The van der Waals surface area contributed by atoms with Gasteiger partial charge in [0.25, 0.3) is 0 Å². The molecule has 0 N–H and O–H groups in total. The van der Waals surface area contributed by atoms with Crippen LogP contribution in [0, 0.1) is 0 Å². The van der Waals surface area contributed by atoms with E-state index in [1.165, 1.54) is 11.3 Å². The number of ketones is 1. The molecule has 0 unspecified atom stereocenters. The van der Waals surface area contributed by atoms with Gasteiger partial charge >= 0.3 is 178 Å². The Kier molecular flexibility index (Phi) is 5.33. The van der Waals surface area contributed by atoms with E-state index in [4.69, 9.17) is 0 Å². The fourth-order valence-corrected chi connectivity index (χ4v) is 11.8. The fraction of sp³-hybridized carbons (Fsp3) is 0.0417. The second-order valence-electron chi connectivity index (χ2n) is 6.75. The van der Waals surface area contributed by atoms with Gasteiger partial charge in [-0.05, 0) is 0 Å². The van der Waals surface area contributed by atoms with E-state index in [-0.39, 0.29) is 5.78 Å². The van der Waals surface area contributed by atoms with Crippen LogP contribution in [0.25, 0.3) is 0 Å². The number of hydrogen-bond acceptors (Lipinski definition) is 2. The van der Waals surface area contributed by atoms with E-state index in [0.29, 0.717) is 6.16 Å². The number of thiophene rings is 1. The van der Waals surface area contributed by atoms with E-state index in [1.54, 1.807) is 0 Å². The Bertz CT molecular complexity index is 964. The number of carbonyl (C=O) groups excluding carboxylic acids is 1. The van der Waals surface area contributed by atoms with Crippen molar-refractivity contribution in [3.05, 3.63) is 113 Å². The summed E-state index contributed by atoms with van der Waals surface area (Å²) in [5.74, 6) is 0.168. The Morgan fingerprint density at radius 2 is 1.11 bits per heavy atom. The molecular weight excluding hydrogens is 447 g/mol. The Morgan fingerprint density at radius 1 is 0.679 bits per heavy atom. The first-order valence-corrected chi connectivity index (χ1v) is 14.4. The molecule has 0 aliphatic heterocycles. The minimum atomic E-state index is -3.19. The summed E-state index contributed by atoms with van der Waals surface area (Å²) in [7, 11) is 0. The molecule has 0 amide bonds. The summed E-state index contributed by atoms with van der Waals surface area (Å²) in [6.07, 6.45) is 0.407. The van der Waals surface area contributed by atoms with Gasteiger partial charge in [-0.2, -0.15) is 0 Å². The van der Waals surface area contributed by atoms with Crippen LogP contribution in [0.15, 0.2) is 109 Å². The van der Waals surface area contributed by atoms with Crippen molar-refractivity contribution < 1.29 is 4.79 Å². The second-order valence-corrected chi connectivity index (χ2v) is 16.6. The summed E-state index contributed by atoms with van der Waals surface area (Å²) in [5.41, 5.74) is 0. The van der Waals surface area contributed by atoms with Gasteiger partial charge < -0.3 is 0 Å². The zero-order valence-corrected chi connectivity index (χ0v) is 18.5. The molecule has 0 spiro atoms. The third-order valence-electron chi connectivity index (χ3n) is 5.12. The van der Waals surface area contributed by atoms with Gasteiger partial charge in [0.2, 0.25) is 0 Å². The zero-order chi connectivity index (χ0) is 19.5. The van der Waals surface area contributed by atoms with Crippen molar-refractivity contribution >= 4 is 53.8 Å². The number of halogens is 1. The Balaban J connectivity index is 2.05. The molecule has 0 aliphatic rings. The van der Waals surface area contributed by atoms with Crippen LogP contribution in [-0.4, -0.2) is 11.9 Å². The van der Waals surface area contributed by atoms with Gasteiger partial charge in [0.15, 0.2) is 0 Å². The van der Waals surface area contributed by atoms with Gasteiger partial charge in [-0.1, -0.05) is 0 Å². The average Bonchev–Trinajstić information content (AvgIpc) is 3.31. The molecule has 140 valence electrons. The Hall–Kier alpha value is -2.06. The quantitative estimate of drug-likeness (QED) is 0.260. The maximum atomic E-state index is 13.5. The molecule has 0 aliphatic carbocycles. The molecule has 0 atom stereocenters. The molecule has 1 aromatic heterocycles. The minimum absolute atomic E-state index is 0.168. The van der Waals surface area contributed by atoms with Gasteiger partial charge in [0.1, 0.15) is 0 Å². The average molecular weight is 467 g/mol. The molecule has 0 saturated heterocycles. The Morgan fingerprint density at radius 3 is 1.46 bits per heavy atom. The molecule has 1 heterocycles. The number of rotatable bonds is 6. The SMILES string of the molecule is O=C(CP(Br)(c1ccccc1)(c1ccccc1)c1ccccc1)c1cccs1. The van der Waals surface area contributed by atoms with Crippen molar-refractivity contribution in [1.29, 1.82) is 0 Å². The standard InChI is InChI=1S/C24H20BrOPS/c25-27(20-11-4-1-5-12-20,21-13-6-2-7-14-21,22-15-8-3-9-16-22)19-23(26)24-17-10-18-28-24/h1-18H,19H2. The van der Waals surface area contributed by atoms with Crippen molar-refractivity contribution in [2.24, 2.45) is 0 Å². The molecule has 1 nitrogen and oxygen atoms in total. The van der Waals surface area contributed by atoms with Crippen LogP contribution in [0.3, 0.4) is 0 Å². The summed E-state index contributed by atoms with van der Waals surface area (Å²) < 4.78 is 0. The molecule has 28 heavy (non-hydrogen) atoms. The number of benzene rings is 3. The molecular formula is C24H20BrOPS. The molecule has 3 aromatic carbocycles. The summed E-state index contributed by atoms with van der Waals surface area (Å²) in [4.78, 5) is 14.3. The molecule has 0 bridgehead atoms. The third kappa shape index (κ3) is 3.18. The van der Waals surface area contributed by atoms with E-state index in [9.17, 15) is 4.79 Å². The zero-order valence-electron chi connectivity index (χ0n) is 15.2. The van der Waals surface area contributed by atoms with Crippen LogP contribution in [0.1, 0.15) is 9.67 Å². The summed E-state index contributed by atoms with van der Waals surface area (Å²) in [5, 5.41) is 2.26. The van der Waals surface area contributed by atoms with Crippen LogP contribution >= 0.6 is 32.1 Å². The van der Waals surface area contributed by atoms with Crippen molar-refractivity contribution in [2.75, 3.05) is 6.16 Å². The fourth-order valence-electron chi connectivity index (χ4n) is 3.72. The van der Waals surface area contributed by atoms with E-state index in [1.807, 2.05) is 35.7 Å². The first kappa shape index (κ1) is 19.3. The van der Waals surface area contributed by atoms with Crippen LogP contribution in [0.5, 0.6) is 0 Å². The van der Waals surface area contributed by atoms with Crippen molar-refractivity contribution in [3.63, 3.8) is 0 Å². The van der Waals surface area contributed by atoms with Gasteiger partial charge in [0, 0.05) is 0 Å². The molecule has 0 saturated carbocycles. The van der Waals surface area contributed by atoms with E-state index in [2.05, 4.69) is 88.3 Å². The summed E-state index contributed by atoms with van der Waals surface area (Å²) >= 11 is 5.82. The Labute approximate surface area is 177 Å². The summed E-state index contributed by atoms with van der Waals surface area (Å²) in [6, 6.07) is 35.1. The van der Waals surface area contributed by atoms with Gasteiger partial charge in [-0.15, -0.1) is 0 Å². The van der Waals surface area contributed by atoms with Crippen molar-refractivity contribution in [1.82, 2.24) is 0 Å². The van der Waals surface area contributed by atoms with E-state index in [0.717, 1.165) is 20.8 Å². The van der Waals surface area contributed by atoms with Gasteiger partial charge in [-0.3, -0.25) is 0 Å². The first-order valence-electron chi connectivity index (χ1n) is 9.09. The van der Waals surface area contributed by atoms with Crippen LogP contribution in [0.4, 0.5) is 0 Å². The number of carbonyl (C=O) groups is 1. The first-order chi connectivity index (χ1) is 13.6. The molecule has 0 radical (unpaired) electrons. The van der Waals surface area contributed by atoms with Crippen LogP contribution < -0.4 is 15.9 Å². The molecule has 0 fully saturated rings. The van der Waals surface area contributed by atoms with Crippen LogP contribution in [0.2, 0.25) is 0 Å². The van der Waals surface area contributed by atoms with Gasteiger partial charge in [0.05, 0.1) is 0 Å². The predicted molar refractivity (Wildman–Crippen MR) is 128 cm³/mol. The second kappa shape index (κ2) is 7.75. The van der Waals surface area contributed by atoms with E-state index >= 15 is 0 Å². The maximum absolute atomic E-state index is 13.5. The topological polar surface area (TPSA) is 17.1 Å². The summed E-state index contributed by atoms with van der Waals surface area (Å²) in [6.45, 7) is 0. The van der Waals surface area contributed by atoms with Crippen LogP contribution in [-0.2, 0) is 0 Å². The number of hydrogen-bond donors (Lipinski definition) is 0. The van der Waals surface area contributed by atoms with E-state index < -0.39 is 5.31 Å². The predicted octanol–water partition coefficient (Wildman–Crippen LogP) is 5.77. The van der Waals surface area contributed by atoms with Crippen molar-refractivity contribution in [3.8, 4) is 0 Å².